The molecule has 1 N–H and O–H groups in total. The smallest absolute Gasteiger partial charge is 0.138 e. The lowest BCUT2D eigenvalue weighted by atomic mass is 9.89. The van der Waals surface area contributed by atoms with Crippen LogP contribution in [0.5, 0.6) is 0 Å². The molecule has 0 amide bonds. The van der Waals surface area contributed by atoms with Gasteiger partial charge in [0.25, 0.3) is 0 Å². The number of aromatic nitrogens is 1. The van der Waals surface area contributed by atoms with E-state index in [0.29, 0.717) is 18.6 Å². The zero-order chi connectivity index (χ0) is 17.2. The molecule has 1 aliphatic rings. The van der Waals surface area contributed by atoms with Gasteiger partial charge in [0.05, 0.1) is 0 Å². The van der Waals surface area contributed by atoms with Crippen molar-refractivity contribution in [1.29, 1.82) is 0 Å². The fourth-order valence-electron chi connectivity index (χ4n) is 3.73. The molecule has 1 aliphatic heterocycles. The summed E-state index contributed by atoms with van der Waals surface area (Å²) in [6, 6.07) is 15.1. The normalized spacial score (nSPS) is 18.8. The van der Waals surface area contributed by atoms with E-state index in [1.807, 2.05) is 24.4 Å². The summed E-state index contributed by atoms with van der Waals surface area (Å²) in [5, 5.41) is 0.882. The molecule has 1 fully saturated rings. The van der Waals surface area contributed by atoms with Crippen LogP contribution in [0.15, 0.2) is 54.7 Å². The van der Waals surface area contributed by atoms with Crippen LogP contribution in [0.2, 0.25) is 0 Å². The van der Waals surface area contributed by atoms with Crippen LogP contribution in [0.4, 0.5) is 4.39 Å². The van der Waals surface area contributed by atoms with E-state index in [9.17, 15) is 9.18 Å². The second-order valence-corrected chi connectivity index (χ2v) is 6.84. The van der Waals surface area contributed by atoms with Gasteiger partial charge in [-0.1, -0.05) is 30.3 Å². The van der Waals surface area contributed by atoms with Crippen LogP contribution in [0.3, 0.4) is 0 Å². The third kappa shape index (κ3) is 3.49. The van der Waals surface area contributed by atoms with Gasteiger partial charge in [-0.3, -0.25) is 9.69 Å². The highest BCUT2D eigenvalue weighted by atomic mass is 19.1. The minimum Gasteiger partial charge on any atom is -0.361 e. The fourth-order valence-corrected chi connectivity index (χ4v) is 3.73. The van der Waals surface area contributed by atoms with Gasteiger partial charge in [0.15, 0.2) is 0 Å². The summed E-state index contributed by atoms with van der Waals surface area (Å²) in [4.78, 5) is 17.9. The molecule has 1 saturated heterocycles. The van der Waals surface area contributed by atoms with Crippen molar-refractivity contribution in [2.24, 2.45) is 5.92 Å². The number of benzene rings is 2. The summed E-state index contributed by atoms with van der Waals surface area (Å²) >= 11 is 0. The van der Waals surface area contributed by atoms with Crippen molar-refractivity contribution in [3.63, 3.8) is 0 Å². The Labute approximate surface area is 146 Å². The molecular weight excluding hydrogens is 315 g/mol. The fraction of sp³-hybridized carbons (Fsp3) is 0.286. The number of nitrogens with zero attached hydrogens (tertiary/aromatic N) is 1. The van der Waals surface area contributed by atoms with Gasteiger partial charge in [0, 0.05) is 49.1 Å². The number of fused-ring (bicyclic) bond motifs is 1. The lowest BCUT2D eigenvalue weighted by molar-refractivity contribution is -0.126. The Hall–Kier alpha value is -2.46. The number of ketones is 1. The summed E-state index contributed by atoms with van der Waals surface area (Å²) in [5.74, 6) is 0.0452. The van der Waals surface area contributed by atoms with Gasteiger partial charge < -0.3 is 4.98 Å². The Morgan fingerprint density at radius 1 is 1.16 bits per heavy atom. The van der Waals surface area contributed by atoms with Crippen LogP contribution in [-0.2, 0) is 17.8 Å². The van der Waals surface area contributed by atoms with Crippen LogP contribution in [0.25, 0.3) is 10.9 Å². The number of carbonyl (C=O) groups excluding carboxylic acids is 1. The predicted molar refractivity (Wildman–Crippen MR) is 96.8 cm³/mol. The first-order valence-electron chi connectivity index (χ1n) is 8.73. The monoisotopic (exact) mass is 336 g/mol. The summed E-state index contributed by atoms with van der Waals surface area (Å²) in [6.45, 7) is 2.44. The highest BCUT2D eigenvalue weighted by molar-refractivity contribution is 5.86. The van der Waals surface area contributed by atoms with Crippen LogP contribution in [0.1, 0.15) is 17.5 Å². The molecule has 2 aromatic carbocycles. The van der Waals surface area contributed by atoms with E-state index in [0.717, 1.165) is 36.1 Å². The van der Waals surface area contributed by atoms with Crippen molar-refractivity contribution in [1.82, 2.24) is 9.88 Å². The molecule has 3 nitrogen and oxygen atoms in total. The number of hydrogen-bond acceptors (Lipinski definition) is 2. The zero-order valence-corrected chi connectivity index (χ0v) is 14.0. The molecule has 1 atom stereocenters. The average molecular weight is 336 g/mol. The first-order chi connectivity index (χ1) is 12.2. The van der Waals surface area contributed by atoms with Crippen molar-refractivity contribution in [2.75, 3.05) is 13.1 Å². The van der Waals surface area contributed by atoms with E-state index in [1.165, 1.54) is 11.6 Å². The second kappa shape index (κ2) is 6.81. The second-order valence-electron chi connectivity index (χ2n) is 6.84. The Balaban J connectivity index is 1.50. The number of rotatable bonds is 4. The first kappa shape index (κ1) is 16.0. The first-order valence-corrected chi connectivity index (χ1v) is 8.73. The van der Waals surface area contributed by atoms with Crippen molar-refractivity contribution in [3.8, 4) is 0 Å². The van der Waals surface area contributed by atoms with Crippen LogP contribution < -0.4 is 0 Å². The van der Waals surface area contributed by atoms with Gasteiger partial charge >= 0.3 is 0 Å². The van der Waals surface area contributed by atoms with Gasteiger partial charge in [-0.15, -0.1) is 0 Å². The maximum Gasteiger partial charge on any atom is 0.138 e. The zero-order valence-electron chi connectivity index (χ0n) is 14.0. The third-order valence-corrected chi connectivity index (χ3v) is 5.05. The van der Waals surface area contributed by atoms with Crippen LogP contribution in [-0.4, -0.2) is 28.8 Å². The average Bonchev–Trinajstić information content (AvgIpc) is 3.01. The summed E-state index contributed by atoms with van der Waals surface area (Å²) in [7, 11) is 0. The van der Waals surface area contributed by atoms with Gasteiger partial charge in [-0.05, 0) is 35.7 Å². The maximum absolute atomic E-state index is 13.6. The molecule has 4 heteroatoms. The lowest BCUT2D eigenvalue weighted by Crippen LogP contribution is -2.41. The number of carbonyl (C=O) groups is 1. The SMILES string of the molecule is O=C1CCN(Cc2ccccc2)CC1Cc1c[nH]c2ccc(F)cc12. The van der Waals surface area contributed by atoms with Gasteiger partial charge in [0.2, 0.25) is 0 Å². The Bertz CT molecular complexity index is 887. The molecule has 0 spiro atoms. The number of aromatic amines is 1. The molecule has 25 heavy (non-hydrogen) atoms. The van der Waals surface area contributed by atoms with E-state index in [2.05, 4.69) is 22.0 Å². The van der Waals surface area contributed by atoms with Crippen molar-refractivity contribution in [2.45, 2.75) is 19.4 Å². The summed E-state index contributed by atoms with van der Waals surface area (Å²) in [5.41, 5.74) is 3.21. The molecule has 1 unspecified atom stereocenters. The molecular formula is C21H21FN2O. The number of piperidine rings is 1. The molecule has 0 radical (unpaired) electrons. The molecule has 1 aromatic heterocycles. The Morgan fingerprint density at radius 2 is 2.00 bits per heavy atom. The number of hydrogen-bond donors (Lipinski definition) is 1. The third-order valence-electron chi connectivity index (χ3n) is 5.05. The molecule has 3 aromatic rings. The summed E-state index contributed by atoms with van der Waals surface area (Å²) in [6.07, 6.45) is 3.16. The van der Waals surface area contributed by atoms with E-state index >= 15 is 0 Å². The molecule has 0 saturated carbocycles. The van der Waals surface area contributed by atoms with E-state index < -0.39 is 0 Å². The summed E-state index contributed by atoms with van der Waals surface area (Å²) < 4.78 is 13.6. The number of Topliss-reactive ketones (excluding diaryl/α,β-unsaturated/α-hetero) is 1. The minimum atomic E-state index is -0.242. The Kier molecular flexibility index (Phi) is 4.36. The molecule has 128 valence electrons. The van der Waals surface area contributed by atoms with Crippen molar-refractivity contribution >= 4 is 16.7 Å². The minimum absolute atomic E-state index is 0.0280. The van der Waals surface area contributed by atoms with E-state index in [-0.39, 0.29) is 11.7 Å². The number of H-pyrrole nitrogens is 1. The highest BCUT2D eigenvalue weighted by Gasteiger charge is 2.28. The quantitative estimate of drug-likeness (QED) is 0.783. The van der Waals surface area contributed by atoms with Gasteiger partial charge in [0.1, 0.15) is 11.6 Å². The topological polar surface area (TPSA) is 36.1 Å². The molecule has 2 heterocycles. The van der Waals surface area contributed by atoms with Crippen LogP contribution >= 0.6 is 0 Å². The highest BCUT2D eigenvalue weighted by Crippen LogP contribution is 2.25. The lowest BCUT2D eigenvalue weighted by Gasteiger charge is -2.31. The van der Waals surface area contributed by atoms with Crippen molar-refractivity contribution in [3.05, 3.63) is 71.7 Å². The Morgan fingerprint density at radius 3 is 2.84 bits per heavy atom. The van der Waals surface area contributed by atoms with E-state index in [4.69, 9.17) is 0 Å². The number of likely N-dealkylation sites (tertiary alicyclic amines) is 1. The standard InChI is InChI=1S/C21H21FN2O/c22-18-6-7-20-19(11-18)16(12-23-20)10-17-14-24(9-8-21(17)25)13-15-4-2-1-3-5-15/h1-7,11-12,17,23H,8-10,13-14H2. The van der Waals surface area contributed by atoms with E-state index in [1.54, 1.807) is 12.1 Å². The predicted octanol–water partition coefficient (Wildman–Crippen LogP) is 3.94. The molecule has 4 rings (SSSR count). The van der Waals surface area contributed by atoms with Crippen LogP contribution in [0, 0.1) is 11.7 Å². The van der Waals surface area contributed by atoms with Gasteiger partial charge in [-0.25, -0.2) is 4.39 Å². The maximum atomic E-state index is 13.6. The largest absolute Gasteiger partial charge is 0.361 e. The molecule has 0 aliphatic carbocycles. The number of nitrogens with one attached hydrogen (secondary N) is 1. The van der Waals surface area contributed by atoms with Crippen molar-refractivity contribution < 1.29 is 9.18 Å². The van der Waals surface area contributed by atoms with Gasteiger partial charge in [-0.2, -0.15) is 0 Å². The molecule has 0 bridgehead atoms. The number of halogens is 1.